The van der Waals surface area contributed by atoms with Crippen molar-refractivity contribution in [3.8, 4) is 5.75 Å². The predicted octanol–water partition coefficient (Wildman–Crippen LogP) is 4.07. The molecule has 3 heteroatoms. The van der Waals surface area contributed by atoms with Crippen LogP contribution in [0.15, 0.2) is 12.1 Å². The predicted molar refractivity (Wildman–Crippen MR) is 83.6 cm³/mol. The highest BCUT2D eigenvalue weighted by atomic mass is 35.5. The summed E-state index contributed by atoms with van der Waals surface area (Å²) in [5.74, 6) is 1.42. The molecule has 110 valence electrons. The number of rotatable bonds is 1. The molecule has 0 radical (unpaired) electrons. The number of halogens is 1. The third-order valence-corrected chi connectivity index (χ3v) is 5.84. The molecular formula is C17H24ClNO. The summed E-state index contributed by atoms with van der Waals surface area (Å²) >= 11 is 6.52. The van der Waals surface area contributed by atoms with Crippen molar-refractivity contribution < 1.29 is 4.74 Å². The van der Waals surface area contributed by atoms with Crippen molar-refractivity contribution >= 4 is 11.6 Å². The Morgan fingerprint density at radius 3 is 2.85 bits per heavy atom. The zero-order valence-electron chi connectivity index (χ0n) is 12.4. The lowest BCUT2D eigenvalue weighted by Crippen LogP contribution is -2.52. The van der Waals surface area contributed by atoms with Crippen molar-refractivity contribution in [1.29, 1.82) is 0 Å². The van der Waals surface area contributed by atoms with Crippen LogP contribution in [0.4, 0.5) is 0 Å². The first-order valence-electron chi connectivity index (χ1n) is 7.69. The maximum absolute atomic E-state index is 6.66. The summed E-state index contributed by atoms with van der Waals surface area (Å²) in [4.78, 5) is 0. The molecule has 1 saturated carbocycles. The molecular weight excluding hydrogens is 270 g/mol. The number of fused-ring (bicyclic) bond motifs is 4. The molecule has 2 aliphatic carbocycles. The molecule has 1 fully saturated rings. The summed E-state index contributed by atoms with van der Waals surface area (Å²) in [6.45, 7) is 2.32. The molecule has 0 aliphatic heterocycles. The molecule has 2 N–H and O–H groups in total. The molecule has 2 bridgehead atoms. The van der Waals surface area contributed by atoms with Crippen molar-refractivity contribution in [1.82, 2.24) is 0 Å². The summed E-state index contributed by atoms with van der Waals surface area (Å²) in [6.07, 6.45) is 7.29. The first-order chi connectivity index (χ1) is 9.56. The molecule has 0 heterocycles. The van der Waals surface area contributed by atoms with Crippen LogP contribution in [-0.4, -0.2) is 13.2 Å². The molecule has 0 spiro atoms. The van der Waals surface area contributed by atoms with Crippen molar-refractivity contribution in [2.45, 2.75) is 56.9 Å². The molecule has 3 atom stereocenters. The van der Waals surface area contributed by atoms with E-state index in [1.54, 1.807) is 7.11 Å². The third kappa shape index (κ3) is 2.14. The fraction of sp³-hybridized carbons (Fsp3) is 0.647. The van der Waals surface area contributed by atoms with Crippen LogP contribution in [0.1, 0.15) is 50.2 Å². The lowest BCUT2D eigenvalue weighted by atomic mass is 9.60. The Labute approximate surface area is 126 Å². The lowest BCUT2D eigenvalue weighted by Gasteiger charge is -2.47. The fourth-order valence-corrected chi connectivity index (χ4v) is 4.48. The smallest absolute Gasteiger partial charge is 0.120 e. The molecule has 3 unspecified atom stereocenters. The number of methoxy groups -OCH3 is 1. The number of benzene rings is 1. The second-order valence-electron chi connectivity index (χ2n) is 6.64. The maximum Gasteiger partial charge on any atom is 0.120 e. The van der Waals surface area contributed by atoms with Crippen LogP contribution in [0.2, 0.25) is 5.02 Å². The Morgan fingerprint density at radius 1 is 1.30 bits per heavy atom. The topological polar surface area (TPSA) is 35.2 Å². The molecule has 0 aromatic heterocycles. The van der Waals surface area contributed by atoms with Gasteiger partial charge in [-0.3, -0.25) is 0 Å². The minimum atomic E-state index is 0.0385. The third-order valence-electron chi connectivity index (χ3n) is 5.50. The Balaban J connectivity index is 2.15. The zero-order valence-corrected chi connectivity index (χ0v) is 13.2. The molecule has 0 saturated heterocycles. The second kappa shape index (κ2) is 5.23. The minimum absolute atomic E-state index is 0.0385. The van der Waals surface area contributed by atoms with Crippen LogP contribution >= 0.6 is 11.6 Å². The Hall–Kier alpha value is -0.730. The van der Waals surface area contributed by atoms with E-state index in [1.807, 2.05) is 6.07 Å². The Bertz CT molecular complexity index is 516. The van der Waals surface area contributed by atoms with E-state index >= 15 is 0 Å². The van der Waals surface area contributed by atoms with Gasteiger partial charge in [0.2, 0.25) is 0 Å². The molecule has 20 heavy (non-hydrogen) atoms. The van der Waals surface area contributed by atoms with Crippen molar-refractivity contribution in [2.24, 2.45) is 11.7 Å². The van der Waals surface area contributed by atoms with Gasteiger partial charge in [0, 0.05) is 16.5 Å². The van der Waals surface area contributed by atoms with E-state index < -0.39 is 0 Å². The average molecular weight is 294 g/mol. The van der Waals surface area contributed by atoms with Gasteiger partial charge in [-0.15, -0.1) is 0 Å². The van der Waals surface area contributed by atoms with E-state index in [9.17, 15) is 0 Å². The molecule has 1 aromatic carbocycles. The highest BCUT2D eigenvalue weighted by Gasteiger charge is 2.44. The highest BCUT2D eigenvalue weighted by molar-refractivity contribution is 6.31. The van der Waals surface area contributed by atoms with Crippen LogP contribution in [0.5, 0.6) is 5.75 Å². The summed E-state index contributed by atoms with van der Waals surface area (Å²) < 4.78 is 5.41. The summed E-state index contributed by atoms with van der Waals surface area (Å²) in [6, 6.07) is 4.35. The van der Waals surface area contributed by atoms with Gasteiger partial charge < -0.3 is 10.5 Å². The number of hydrogen-bond donors (Lipinski definition) is 1. The van der Waals surface area contributed by atoms with Gasteiger partial charge in [-0.25, -0.2) is 0 Å². The summed E-state index contributed by atoms with van der Waals surface area (Å²) in [5, 5.41) is 0.850. The van der Waals surface area contributed by atoms with Gasteiger partial charge in [0.15, 0.2) is 0 Å². The van der Waals surface area contributed by atoms with E-state index in [0.717, 1.165) is 23.6 Å². The minimum Gasteiger partial charge on any atom is -0.497 e. The first-order valence-corrected chi connectivity index (χ1v) is 8.06. The van der Waals surface area contributed by atoms with Gasteiger partial charge in [-0.1, -0.05) is 37.8 Å². The molecule has 2 aliphatic rings. The lowest BCUT2D eigenvalue weighted by molar-refractivity contribution is 0.201. The second-order valence-corrected chi connectivity index (χ2v) is 7.05. The van der Waals surface area contributed by atoms with Crippen LogP contribution < -0.4 is 10.5 Å². The zero-order chi connectivity index (χ0) is 14.3. The van der Waals surface area contributed by atoms with Crippen LogP contribution in [-0.2, 0) is 11.8 Å². The van der Waals surface area contributed by atoms with E-state index in [4.69, 9.17) is 22.1 Å². The normalized spacial score (nSPS) is 33.0. The largest absolute Gasteiger partial charge is 0.497 e. The van der Waals surface area contributed by atoms with Gasteiger partial charge in [-0.05, 0) is 48.4 Å². The van der Waals surface area contributed by atoms with E-state index in [0.29, 0.717) is 5.92 Å². The molecule has 3 rings (SSSR count). The van der Waals surface area contributed by atoms with Gasteiger partial charge in [0.25, 0.3) is 0 Å². The number of hydrogen-bond acceptors (Lipinski definition) is 2. The fourth-order valence-electron chi connectivity index (χ4n) is 4.19. The Kier molecular flexibility index (Phi) is 3.72. The maximum atomic E-state index is 6.66. The van der Waals surface area contributed by atoms with Crippen molar-refractivity contribution in [3.63, 3.8) is 0 Å². The highest BCUT2D eigenvalue weighted by Crippen LogP contribution is 2.48. The molecule has 0 amide bonds. The number of ether oxygens (including phenoxy) is 1. The quantitative estimate of drug-likeness (QED) is 0.847. The summed E-state index contributed by atoms with van der Waals surface area (Å²) in [5.41, 5.74) is 9.33. The number of nitrogens with two attached hydrogens (primary N) is 1. The SMILES string of the molecule is COc1cc(Cl)c2c(c1)C1(C)CCCCCC(C2)C1N. The van der Waals surface area contributed by atoms with Gasteiger partial charge in [0.1, 0.15) is 5.75 Å². The van der Waals surface area contributed by atoms with E-state index in [1.165, 1.54) is 36.8 Å². The van der Waals surface area contributed by atoms with Crippen LogP contribution in [0.25, 0.3) is 0 Å². The summed E-state index contributed by atoms with van der Waals surface area (Å²) in [7, 11) is 1.70. The van der Waals surface area contributed by atoms with Gasteiger partial charge >= 0.3 is 0 Å². The van der Waals surface area contributed by atoms with Gasteiger partial charge in [0.05, 0.1) is 7.11 Å². The van der Waals surface area contributed by atoms with Crippen molar-refractivity contribution in [3.05, 3.63) is 28.3 Å². The van der Waals surface area contributed by atoms with Crippen LogP contribution in [0.3, 0.4) is 0 Å². The standard InChI is InChI=1S/C17H24ClNO/c1-17-7-5-3-4-6-11(16(17)19)8-13-14(17)9-12(20-2)10-15(13)18/h9-11,16H,3-8,19H2,1-2H3. The Morgan fingerprint density at radius 2 is 2.10 bits per heavy atom. The van der Waals surface area contributed by atoms with Crippen molar-refractivity contribution in [2.75, 3.05) is 7.11 Å². The van der Waals surface area contributed by atoms with Crippen LogP contribution in [0, 0.1) is 5.92 Å². The first kappa shape index (κ1) is 14.2. The molecule has 1 aromatic rings. The van der Waals surface area contributed by atoms with Gasteiger partial charge in [-0.2, -0.15) is 0 Å². The monoisotopic (exact) mass is 293 g/mol. The average Bonchev–Trinajstić information content (AvgIpc) is 2.44. The molecule has 2 nitrogen and oxygen atoms in total. The van der Waals surface area contributed by atoms with E-state index in [-0.39, 0.29) is 11.5 Å². The van der Waals surface area contributed by atoms with E-state index in [2.05, 4.69) is 13.0 Å².